The summed E-state index contributed by atoms with van der Waals surface area (Å²) in [6, 6.07) is 4.45. The number of amides is 1. The second-order valence-electron chi connectivity index (χ2n) is 3.31. The molecular weight excluding hydrogens is 221 g/mol. The van der Waals surface area contributed by atoms with Gasteiger partial charge in [0.2, 0.25) is 5.91 Å². The van der Waals surface area contributed by atoms with Gasteiger partial charge < -0.3 is 11.5 Å². The van der Waals surface area contributed by atoms with E-state index < -0.39 is 23.6 Å². The van der Waals surface area contributed by atoms with E-state index in [4.69, 9.17) is 11.5 Å². The highest BCUT2D eigenvalue weighted by Gasteiger charge is 2.31. The average Bonchev–Trinajstić information content (AvgIpc) is 2.17. The second-order valence-corrected chi connectivity index (χ2v) is 3.31. The van der Waals surface area contributed by atoms with Crippen LogP contribution in [-0.4, -0.2) is 12.5 Å². The van der Waals surface area contributed by atoms with Gasteiger partial charge in [0.05, 0.1) is 11.5 Å². The largest absolute Gasteiger partial charge is 0.416 e. The van der Waals surface area contributed by atoms with Crippen LogP contribution in [0.5, 0.6) is 0 Å². The van der Waals surface area contributed by atoms with Crippen LogP contribution in [-0.2, 0) is 11.0 Å². The fourth-order valence-electron chi connectivity index (χ4n) is 1.35. The third kappa shape index (κ3) is 2.73. The molecule has 0 spiro atoms. The lowest BCUT2D eigenvalue weighted by Gasteiger charge is -2.13. The second kappa shape index (κ2) is 4.52. The number of carbonyl (C=O) groups excluding carboxylic acids is 1. The van der Waals surface area contributed by atoms with Gasteiger partial charge in [0.15, 0.2) is 0 Å². The van der Waals surface area contributed by atoms with E-state index in [2.05, 4.69) is 0 Å². The molecule has 0 aliphatic heterocycles. The summed E-state index contributed by atoms with van der Waals surface area (Å²) in [5, 5.41) is 0. The smallest absolute Gasteiger partial charge is 0.369 e. The molecule has 4 N–H and O–H groups in total. The van der Waals surface area contributed by atoms with Crippen LogP contribution in [0.1, 0.15) is 17.0 Å². The highest BCUT2D eigenvalue weighted by Crippen LogP contribution is 2.30. The van der Waals surface area contributed by atoms with Crippen molar-refractivity contribution in [2.45, 2.75) is 12.1 Å². The maximum atomic E-state index is 12.4. The minimum atomic E-state index is -4.44. The zero-order valence-corrected chi connectivity index (χ0v) is 8.29. The van der Waals surface area contributed by atoms with Gasteiger partial charge in [0.25, 0.3) is 0 Å². The molecule has 6 heteroatoms. The summed E-state index contributed by atoms with van der Waals surface area (Å²) in [7, 11) is 0. The number of hydrogen-bond acceptors (Lipinski definition) is 2. The van der Waals surface area contributed by atoms with Crippen LogP contribution in [0.3, 0.4) is 0 Å². The summed E-state index contributed by atoms with van der Waals surface area (Å²) in [6.07, 6.45) is -4.44. The van der Waals surface area contributed by atoms with E-state index >= 15 is 0 Å². The van der Waals surface area contributed by atoms with Crippen LogP contribution in [0.4, 0.5) is 13.2 Å². The van der Waals surface area contributed by atoms with Gasteiger partial charge in [-0.1, -0.05) is 18.2 Å². The Morgan fingerprint density at radius 1 is 1.38 bits per heavy atom. The minimum absolute atomic E-state index is 0.114. The Morgan fingerprint density at radius 2 is 2.00 bits per heavy atom. The van der Waals surface area contributed by atoms with Gasteiger partial charge in [-0.05, 0) is 11.6 Å². The van der Waals surface area contributed by atoms with Crippen molar-refractivity contribution in [2.75, 3.05) is 6.54 Å². The molecule has 0 fully saturated rings. The Balaban J connectivity index is 3.11. The molecule has 3 nitrogen and oxygen atoms in total. The number of benzene rings is 1. The van der Waals surface area contributed by atoms with Crippen molar-refractivity contribution in [2.24, 2.45) is 11.5 Å². The number of primary amides is 1. The summed E-state index contributed by atoms with van der Waals surface area (Å²) in [4.78, 5) is 11.0. The van der Waals surface area contributed by atoms with E-state index in [1.165, 1.54) is 12.1 Å². The maximum absolute atomic E-state index is 12.4. The fraction of sp³-hybridized carbons (Fsp3) is 0.300. The third-order valence-electron chi connectivity index (χ3n) is 2.20. The van der Waals surface area contributed by atoms with E-state index in [-0.39, 0.29) is 12.1 Å². The molecule has 0 aliphatic rings. The predicted molar refractivity (Wildman–Crippen MR) is 52.4 cm³/mol. The van der Waals surface area contributed by atoms with Crippen LogP contribution in [0.15, 0.2) is 24.3 Å². The Hall–Kier alpha value is -1.56. The Morgan fingerprint density at radius 3 is 2.44 bits per heavy atom. The predicted octanol–water partition coefficient (Wildman–Crippen LogP) is 1.23. The molecule has 16 heavy (non-hydrogen) atoms. The van der Waals surface area contributed by atoms with E-state index in [1.54, 1.807) is 0 Å². The maximum Gasteiger partial charge on any atom is 0.416 e. The van der Waals surface area contributed by atoms with E-state index in [0.29, 0.717) is 0 Å². The van der Waals surface area contributed by atoms with E-state index in [9.17, 15) is 18.0 Å². The molecule has 1 amide bonds. The number of alkyl halides is 3. The number of halogens is 3. The van der Waals surface area contributed by atoms with Crippen LogP contribution >= 0.6 is 0 Å². The molecule has 1 aromatic carbocycles. The molecule has 0 radical (unpaired) electrons. The molecule has 0 aliphatic carbocycles. The molecule has 1 rings (SSSR count). The van der Waals surface area contributed by atoms with Gasteiger partial charge in [-0.3, -0.25) is 4.79 Å². The topological polar surface area (TPSA) is 69.1 Å². The Bertz CT molecular complexity index is 390. The van der Waals surface area contributed by atoms with Gasteiger partial charge in [-0.15, -0.1) is 0 Å². The molecular formula is C10H11F3N2O. The van der Waals surface area contributed by atoms with Gasteiger partial charge in [-0.25, -0.2) is 0 Å². The van der Waals surface area contributed by atoms with Gasteiger partial charge in [0.1, 0.15) is 0 Å². The highest BCUT2D eigenvalue weighted by molar-refractivity contribution is 5.82. The summed E-state index contributed by atoms with van der Waals surface area (Å²) in [5.74, 6) is -1.62. The third-order valence-corrected chi connectivity index (χ3v) is 2.20. The SMILES string of the molecule is NCC(C(N)=O)c1cccc(C(F)(F)F)c1. The van der Waals surface area contributed by atoms with Crippen molar-refractivity contribution < 1.29 is 18.0 Å². The molecule has 0 saturated heterocycles. The zero-order chi connectivity index (χ0) is 12.3. The normalized spacial score (nSPS) is 13.5. The van der Waals surface area contributed by atoms with Crippen LogP contribution in [0.25, 0.3) is 0 Å². The van der Waals surface area contributed by atoms with Crippen LogP contribution < -0.4 is 11.5 Å². The lowest BCUT2D eigenvalue weighted by molar-refractivity contribution is -0.137. The lowest BCUT2D eigenvalue weighted by Crippen LogP contribution is -2.28. The number of hydrogen-bond donors (Lipinski definition) is 2. The highest BCUT2D eigenvalue weighted by atomic mass is 19.4. The molecule has 0 aromatic heterocycles. The van der Waals surface area contributed by atoms with Gasteiger partial charge in [-0.2, -0.15) is 13.2 Å². The first kappa shape index (κ1) is 12.5. The van der Waals surface area contributed by atoms with E-state index in [0.717, 1.165) is 12.1 Å². The van der Waals surface area contributed by atoms with Gasteiger partial charge >= 0.3 is 6.18 Å². The van der Waals surface area contributed by atoms with Crippen molar-refractivity contribution in [1.82, 2.24) is 0 Å². The molecule has 1 aromatic rings. The molecule has 1 atom stereocenters. The molecule has 1 unspecified atom stereocenters. The zero-order valence-electron chi connectivity index (χ0n) is 8.29. The summed E-state index contributed by atoms with van der Waals surface area (Å²) in [5.41, 5.74) is 9.69. The number of rotatable bonds is 3. The first-order chi connectivity index (χ1) is 7.36. The number of nitrogens with two attached hydrogens (primary N) is 2. The van der Waals surface area contributed by atoms with Crippen molar-refractivity contribution in [3.05, 3.63) is 35.4 Å². The van der Waals surface area contributed by atoms with Crippen molar-refractivity contribution in [3.63, 3.8) is 0 Å². The summed E-state index contributed by atoms with van der Waals surface area (Å²) in [6.45, 7) is -0.114. The first-order valence-electron chi connectivity index (χ1n) is 4.52. The van der Waals surface area contributed by atoms with Crippen LogP contribution in [0, 0.1) is 0 Å². The Kier molecular flexibility index (Phi) is 3.54. The summed E-state index contributed by atoms with van der Waals surface area (Å²) >= 11 is 0. The standard InChI is InChI=1S/C10H11F3N2O/c11-10(12,13)7-3-1-2-6(4-7)8(5-14)9(15)16/h1-4,8H,5,14H2,(H2,15,16). The monoisotopic (exact) mass is 232 g/mol. The van der Waals surface area contributed by atoms with Crippen molar-refractivity contribution in [1.29, 1.82) is 0 Å². The Labute approximate surface area is 90.2 Å². The quantitative estimate of drug-likeness (QED) is 0.823. The van der Waals surface area contributed by atoms with Crippen molar-refractivity contribution in [3.8, 4) is 0 Å². The minimum Gasteiger partial charge on any atom is -0.369 e. The average molecular weight is 232 g/mol. The first-order valence-corrected chi connectivity index (χ1v) is 4.52. The fourth-order valence-corrected chi connectivity index (χ4v) is 1.35. The van der Waals surface area contributed by atoms with Crippen molar-refractivity contribution >= 4 is 5.91 Å². The van der Waals surface area contributed by atoms with Crippen LogP contribution in [0.2, 0.25) is 0 Å². The van der Waals surface area contributed by atoms with Gasteiger partial charge in [0, 0.05) is 6.54 Å². The van der Waals surface area contributed by atoms with E-state index in [1.807, 2.05) is 0 Å². The number of carbonyl (C=O) groups is 1. The molecule has 0 bridgehead atoms. The summed E-state index contributed by atoms with van der Waals surface area (Å²) < 4.78 is 37.2. The molecule has 88 valence electrons. The lowest BCUT2D eigenvalue weighted by atomic mass is 9.97. The molecule has 0 saturated carbocycles. The molecule has 0 heterocycles.